The first-order valence-electron chi connectivity index (χ1n) is 9.53. The second-order valence-corrected chi connectivity index (χ2v) is 7.56. The maximum atomic E-state index is 11.8. The van der Waals surface area contributed by atoms with E-state index in [0.29, 0.717) is 38.4 Å². The summed E-state index contributed by atoms with van der Waals surface area (Å²) >= 11 is 0. The predicted molar refractivity (Wildman–Crippen MR) is 98.2 cm³/mol. The standard InChI is InChI=1S/C18H23BN2O7/c22-15(20-26-10-11-1-2-11)9-21-7-13(8-21)27-14-4-3-12-5-6-19(25)28-17(12)16(14)18(23)24/h3-4,11,13,25H,1-2,5-10H2,(H,20,22)(H,23,24). The number of fused-ring (bicyclic) bond motifs is 1. The molecule has 2 fully saturated rings. The number of hydroxylamine groups is 1. The summed E-state index contributed by atoms with van der Waals surface area (Å²) in [5.74, 6) is -0.410. The molecule has 1 saturated carbocycles. The average Bonchev–Trinajstić information content (AvgIpc) is 3.43. The summed E-state index contributed by atoms with van der Waals surface area (Å²) in [6.45, 7) is 1.78. The van der Waals surface area contributed by atoms with Crippen LogP contribution in [-0.2, 0) is 16.1 Å². The van der Waals surface area contributed by atoms with Crippen molar-refractivity contribution in [2.24, 2.45) is 5.92 Å². The molecule has 0 unspecified atom stereocenters. The first kappa shape index (κ1) is 19.0. The Labute approximate surface area is 162 Å². The molecular weight excluding hydrogens is 367 g/mol. The lowest BCUT2D eigenvalue weighted by molar-refractivity contribution is -0.137. The lowest BCUT2D eigenvalue weighted by atomic mass is 9.78. The number of carbonyl (C=O) groups excluding carboxylic acids is 1. The van der Waals surface area contributed by atoms with Crippen LogP contribution < -0.4 is 14.9 Å². The van der Waals surface area contributed by atoms with E-state index < -0.39 is 13.1 Å². The Hall–Kier alpha value is -2.30. The molecule has 1 aliphatic carbocycles. The number of ether oxygens (including phenoxy) is 1. The number of carboxylic acids is 1. The van der Waals surface area contributed by atoms with Crippen LogP contribution in [-0.4, -0.2) is 66.4 Å². The third-order valence-electron chi connectivity index (χ3n) is 5.12. The number of hydrogen-bond donors (Lipinski definition) is 3. The lowest BCUT2D eigenvalue weighted by Gasteiger charge is -2.38. The number of carbonyl (C=O) groups is 2. The fourth-order valence-electron chi connectivity index (χ4n) is 3.38. The summed E-state index contributed by atoms with van der Waals surface area (Å²) in [7, 11) is -1.01. The highest BCUT2D eigenvalue weighted by Crippen LogP contribution is 2.37. The van der Waals surface area contributed by atoms with Gasteiger partial charge in [-0.1, -0.05) is 6.07 Å². The molecule has 150 valence electrons. The zero-order valence-electron chi connectivity index (χ0n) is 15.4. The number of carboxylic acid groups (broad SMARTS) is 1. The minimum atomic E-state index is -1.16. The van der Waals surface area contributed by atoms with Crippen molar-refractivity contribution in [2.45, 2.75) is 31.7 Å². The van der Waals surface area contributed by atoms with Crippen LogP contribution in [0.25, 0.3) is 0 Å². The van der Waals surface area contributed by atoms with Gasteiger partial charge in [-0.2, -0.15) is 0 Å². The van der Waals surface area contributed by atoms with Crippen LogP contribution in [0.2, 0.25) is 6.32 Å². The SMILES string of the molecule is O=C(CN1CC(Oc2ccc3c(c2C(=O)O)OB(O)CC3)C1)NOCC1CC1. The van der Waals surface area contributed by atoms with E-state index in [1.807, 2.05) is 4.90 Å². The number of amides is 1. The number of nitrogens with zero attached hydrogens (tertiary/aromatic N) is 1. The molecule has 3 aliphatic rings. The zero-order valence-corrected chi connectivity index (χ0v) is 15.4. The molecule has 3 N–H and O–H groups in total. The molecule has 0 spiro atoms. The van der Waals surface area contributed by atoms with Crippen LogP contribution in [0.5, 0.6) is 11.5 Å². The highest BCUT2D eigenvalue weighted by molar-refractivity contribution is 6.44. The van der Waals surface area contributed by atoms with Crippen molar-refractivity contribution >= 4 is 19.0 Å². The highest BCUT2D eigenvalue weighted by Gasteiger charge is 2.34. The number of aromatic carboxylic acids is 1. The van der Waals surface area contributed by atoms with Crippen LogP contribution in [0.4, 0.5) is 0 Å². The number of rotatable bonds is 8. The molecule has 1 amide bonds. The van der Waals surface area contributed by atoms with E-state index in [1.165, 1.54) is 0 Å². The number of benzene rings is 1. The van der Waals surface area contributed by atoms with Gasteiger partial charge in [-0.15, -0.1) is 0 Å². The van der Waals surface area contributed by atoms with E-state index >= 15 is 0 Å². The maximum absolute atomic E-state index is 11.8. The van der Waals surface area contributed by atoms with E-state index in [9.17, 15) is 19.7 Å². The highest BCUT2D eigenvalue weighted by atomic mass is 16.7. The largest absolute Gasteiger partial charge is 0.535 e. The second-order valence-electron chi connectivity index (χ2n) is 7.56. The molecule has 0 radical (unpaired) electrons. The van der Waals surface area contributed by atoms with Crippen LogP contribution in [0.15, 0.2) is 12.1 Å². The Bertz CT molecular complexity index is 765. The third-order valence-corrected chi connectivity index (χ3v) is 5.12. The van der Waals surface area contributed by atoms with Crippen LogP contribution in [0.1, 0.15) is 28.8 Å². The number of aryl methyl sites for hydroxylation is 1. The Morgan fingerprint density at radius 3 is 2.82 bits per heavy atom. The van der Waals surface area contributed by atoms with Crippen molar-refractivity contribution in [1.82, 2.24) is 10.4 Å². The van der Waals surface area contributed by atoms with Crippen molar-refractivity contribution in [1.29, 1.82) is 0 Å². The van der Waals surface area contributed by atoms with E-state index in [2.05, 4.69) is 5.48 Å². The summed E-state index contributed by atoms with van der Waals surface area (Å²) in [6.07, 6.45) is 3.07. The van der Waals surface area contributed by atoms with Crippen molar-refractivity contribution < 1.29 is 33.9 Å². The number of hydrogen-bond acceptors (Lipinski definition) is 7. The fourth-order valence-corrected chi connectivity index (χ4v) is 3.38. The van der Waals surface area contributed by atoms with Crippen molar-refractivity contribution in [2.75, 3.05) is 26.2 Å². The number of likely N-dealkylation sites (tertiary alicyclic amines) is 1. The summed E-state index contributed by atoms with van der Waals surface area (Å²) < 4.78 is 11.2. The molecule has 1 aromatic carbocycles. The van der Waals surface area contributed by atoms with E-state index in [0.717, 1.165) is 18.4 Å². The van der Waals surface area contributed by atoms with Gasteiger partial charge in [0.25, 0.3) is 5.91 Å². The van der Waals surface area contributed by atoms with E-state index in [4.69, 9.17) is 14.2 Å². The summed E-state index contributed by atoms with van der Waals surface area (Å²) in [4.78, 5) is 30.6. The summed E-state index contributed by atoms with van der Waals surface area (Å²) in [5.41, 5.74) is 3.12. The second kappa shape index (κ2) is 7.98. The van der Waals surface area contributed by atoms with Gasteiger partial charge < -0.3 is 19.5 Å². The van der Waals surface area contributed by atoms with Crippen molar-refractivity contribution in [3.05, 3.63) is 23.3 Å². The van der Waals surface area contributed by atoms with Gasteiger partial charge in [0.05, 0.1) is 13.2 Å². The van der Waals surface area contributed by atoms with Crippen LogP contribution in [0, 0.1) is 5.92 Å². The molecule has 2 heterocycles. The Kier molecular flexibility index (Phi) is 5.43. The monoisotopic (exact) mass is 390 g/mol. The molecule has 1 saturated heterocycles. The van der Waals surface area contributed by atoms with Gasteiger partial charge in [0.15, 0.2) is 0 Å². The minimum absolute atomic E-state index is 0.0686. The molecule has 1 aromatic rings. The predicted octanol–water partition coefficient (Wildman–Crippen LogP) is 0.321. The molecular formula is C18H23BN2O7. The molecule has 10 heteroatoms. The van der Waals surface area contributed by atoms with Crippen molar-refractivity contribution in [3.8, 4) is 11.5 Å². The topological polar surface area (TPSA) is 118 Å². The van der Waals surface area contributed by atoms with E-state index in [1.54, 1.807) is 12.1 Å². The van der Waals surface area contributed by atoms with Gasteiger partial charge in [0, 0.05) is 13.1 Å². The molecule has 4 rings (SSSR count). The average molecular weight is 390 g/mol. The van der Waals surface area contributed by atoms with E-state index in [-0.39, 0.29) is 35.6 Å². The van der Waals surface area contributed by atoms with Gasteiger partial charge in [-0.3, -0.25) is 14.5 Å². The smallest absolute Gasteiger partial charge is 0.522 e. The van der Waals surface area contributed by atoms with Crippen molar-refractivity contribution in [3.63, 3.8) is 0 Å². The van der Waals surface area contributed by atoms with Gasteiger partial charge in [-0.25, -0.2) is 10.3 Å². The first-order chi connectivity index (χ1) is 13.5. The molecule has 0 aromatic heterocycles. The van der Waals surface area contributed by atoms with Crippen LogP contribution >= 0.6 is 0 Å². The Morgan fingerprint density at radius 1 is 1.32 bits per heavy atom. The van der Waals surface area contributed by atoms with Gasteiger partial charge >= 0.3 is 13.1 Å². The third kappa shape index (κ3) is 4.40. The first-order valence-corrected chi connectivity index (χ1v) is 9.53. The summed E-state index contributed by atoms with van der Waals surface area (Å²) in [5, 5.41) is 19.3. The van der Waals surface area contributed by atoms with Gasteiger partial charge in [0.2, 0.25) is 0 Å². The maximum Gasteiger partial charge on any atom is 0.522 e. The zero-order chi connectivity index (χ0) is 19.7. The molecule has 9 nitrogen and oxygen atoms in total. The van der Waals surface area contributed by atoms with Gasteiger partial charge in [0.1, 0.15) is 23.2 Å². The van der Waals surface area contributed by atoms with Gasteiger partial charge in [-0.05, 0) is 43.1 Å². The molecule has 2 aliphatic heterocycles. The lowest BCUT2D eigenvalue weighted by Crippen LogP contribution is -2.56. The molecule has 0 atom stereocenters. The molecule has 0 bridgehead atoms. The Balaban J connectivity index is 1.30. The minimum Gasteiger partial charge on any atom is -0.535 e. The van der Waals surface area contributed by atoms with Crippen LogP contribution in [0.3, 0.4) is 0 Å². The fraction of sp³-hybridized carbons (Fsp3) is 0.556. The number of nitrogens with one attached hydrogen (secondary N) is 1. The quantitative estimate of drug-likeness (QED) is 0.429. The Morgan fingerprint density at radius 2 is 2.11 bits per heavy atom. The summed E-state index contributed by atoms with van der Waals surface area (Å²) in [6, 6.07) is 3.40. The molecule has 28 heavy (non-hydrogen) atoms. The normalized spacial score (nSPS) is 19.4.